The third-order valence-corrected chi connectivity index (χ3v) is 5.67. The number of carbonyl (C=O) groups is 1. The van der Waals surface area contributed by atoms with Crippen molar-refractivity contribution in [3.05, 3.63) is 72.2 Å². The summed E-state index contributed by atoms with van der Waals surface area (Å²) < 4.78 is 1.76. The van der Waals surface area contributed by atoms with Gasteiger partial charge in [-0.2, -0.15) is 5.10 Å². The number of urea groups is 1. The van der Waals surface area contributed by atoms with Gasteiger partial charge in [0.1, 0.15) is 11.8 Å². The van der Waals surface area contributed by atoms with E-state index in [-0.39, 0.29) is 6.03 Å². The molecule has 0 saturated carbocycles. The van der Waals surface area contributed by atoms with Crippen LogP contribution in [-0.2, 0) is 12.8 Å². The molecule has 2 heterocycles. The molecule has 0 unspecified atom stereocenters. The molecular weight excluding hydrogens is 426 g/mol. The van der Waals surface area contributed by atoms with Gasteiger partial charge in [0.15, 0.2) is 5.82 Å². The first-order chi connectivity index (χ1) is 16.5. The Balaban J connectivity index is 1.43. The average molecular weight is 456 g/mol. The molecule has 2 aromatic carbocycles. The highest BCUT2D eigenvalue weighted by Gasteiger charge is 2.15. The van der Waals surface area contributed by atoms with Crippen LogP contribution in [0.5, 0.6) is 0 Å². The van der Waals surface area contributed by atoms with Crippen LogP contribution in [0.2, 0.25) is 0 Å². The van der Waals surface area contributed by atoms with E-state index < -0.39 is 0 Å². The number of benzene rings is 2. The van der Waals surface area contributed by atoms with Gasteiger partial charge < -0.3 is 21.8 Å². The lowest BCUT2D eigenvalue weighted by Gasteiger charge is -2.10. The number of nitrogen functional groups attached to an aromatic ring is 1. The van der Waals surface area contributed by atoms with E-state index in [2.05, 4.69) is 34.6 Å². The van der Waals surface area contributed by atoms with E-state index in [9.17, 15) is 4.79 Å². The lowest BCUT2D eigenvalue weighted by Crippen LogP contribution is -2.19. The van der Waals surface area contributed by atoms with Gasteiger partial charge in [0, 0.05) is 35.3 Å². The van der Waals surface area contributed by atoms with Crippen LogP contribution in [0.15, 0.2) is 61.1 Å². The fraction of sp³-hybridized carbons (Fsp3) is 0.231. The first-order valence-corrected chi connectivity index (χ1v) is 11.4. The Labute approximate surface area is 198 Å². The molecule has 0 fully saturated rings. The second kappa shape index (κ2) is 10.2. The Hall–Kier alpha value is -4.20. The van der Waals surface area contributed by atoms with E-state index >= 15 is 0 Å². The minimum absolute atomic E-state index is 0.319. The van der Waals surface area contributed by atoms with E-state index in [4.69, 9.17) is 11.1 Å². The van der Waals surface area contributed by atoms with Gasteiger partial charge in [-0.15, -0.1) is 0 Å². The molecule has 0 spiro atoms. The number of hydrogen-bond donors (Lipinski definition) is 4. The van der Waals surface area contributed by atoms with Gasteiger partial charge >= 0.3 is 6.03 Å². The molecule has 8 heteroatoms. The van der Waals surface area contributed by atoms with Gasteiger partial charge in [-0.3, -0.25) is 0 Å². The van der Waals surface area contributed by atoms with Gasteiger partial charge in [-0.1, -0.05) is 44.5 Å². The predicted molar refractivity (Wildman–Crippen MR) is 138 cm³/mol. The zero-order valence-electron chi connectivity index (χ0n) is 19.4. The molecule has 34 heavy (non-hydrogen) atoms. The number of hydrogen-bond acceptors (Lipinski definition) is 5. The van der Waals surface area contributed by atoms with E-state index in [0.29, 0.717) is 23.6 Å². The number of nitrogens with two attached hydrogens (primary N) is 1. The molecule has 0 aliphatic heterocycles. The normalized spacial score (nSPS) is 10.9. The standard InChI is InChI=1S/C26H29N7O/c1-3-5-20(27)14-17-6-10-21(11-7-17)31-26(34)32-22-12-8-19(9-13-22)23-18(4-2)15-33-24(23)25(28)29-16-30-33/h6-13,15-16,27H,3-5,14H2,1-2H3,(H2,28,29,30)(H2,31,32,34). The largest absolute Gasteiger partial charge is 0.382 e. The number of aryl methyl sites for hydroxylation is 1. The molecule has 8 nitrogen and oxygen atoms in total. The first-order valence-electron chi connectivity index (χ1n) is 11.4. The van der Waals surface area contributed by atoms with Crippen molar-refractivity contribution in [2.45, 2.75) is 39.5 Å². The van der Waals surface area contributed by atoms with Crippen molar-refractivity contribution < 1.29 is 4.79 Å². The summed E-state index contributed by atoms with van der Waals surface area (Å²) in [5.74, 6) is 0.430. The highest BCUT2D eigenvalue weighted by atomic mass is 16.2. The smallest absolute Gasteiger partial charge is 0.323 e. The Morgan fingerprint density at radius 2 is 1.68 bits per heavy atom. The van der Waals surface area contributed by atoms with Crippen molar-refractivity contribution in [3.8, 4) is 11.1 Å². The number of amides is 2. The minimum atomic E-state index is -0.319. The van der Waals surface area contributed by atoms with Crippen LogP contribution in [0.4, 0.5) is 22.0 Å². The molecule has 0 radical (unpaired) electrons. The Morgan fingerprint density at radius 1 is 1.03 bits per heavy atom. The van der Waals surface area contributed by atoms with Crippen LogP contribution < -0.4 is 16.4 Å². The third kappa shape index (κ3) is 5.06. The van der Waals surface area contributed by atoms with E-state index in [0.717, 1.165) is 52.7 Å². The fourth-order valence-corrected chi connectivity index (χ4v) is 4.03. The van der Waals surface area contributed by atoms with E-state index in [1.807, 2.05) is 54.7 Å². The number of aromatic nitrogens is 3. The molecule has 4 rings (SSSR count). The van der Waals surface area contributed by atoms with Gasteiger partial charge in [-0.05, 0) is 53.8 Å². The average Bonchev–Trinajstić information content (AvgIpc) is 3.21. The molecule has 174 valence electrons. The molecule has 0 atom stereocenters. The van der Waals surface area contributed by atoms with Crippen LogP contribution in [-0.4, -0.2) is 26.3 Å². The molecule has 5 N–H and O–H groups in total. The van der Waals surface area contributed by atoms with E-state index in [1.54, 1.807) is 4.52 Å². The van der Waals surface area contributed by atoms with E-state index in [1.165, 1.54) is 6.33 Å². The van der Waals surface area contributed by atoms with Gasteiger partial charge in [0.2, 0.25) is 0 Å². The quantitative estimate of drug-likeness (QED) is 0.260. The van der Waals surface area contributed by atoms with Crippen molar-refractivity contribution >= 4 is 34.5 Å². The lowest BCUT2D eigenvalue weighted by molar-refractivity contribution is 0.262. The maximum atomic E-state index is 12.5. The number of fused-ring (bicyclic) bond motifs is 1. The van der Waals surface area contributed by atoms with Crippen molar-refractivity contribution in [1.29, 1.82) is 5.41 Å². The topological polar surface area (TPSA) is 121 Å². The molecule has 0 aliphatic rings. The Morgan fingerprint density at radius 3 is 2.29 bits per heavy atom. The number of nitrogens with one attached hydrogen (secondary N) is 3. The highest BCUT2D eigenvalue weighted by molar-refractivity contribution is 6.00. The molecule has 2 amide bonds. The molecule has 0 saturated heterocycles. The summed E-state index contributed by atoms with van der Waals surface area (Å²) in [6.07, 6.45) is 6.68. The Bertz CT molecular complexity index is 1310. The summed E-state index contributed by atoms with van der Waals surface area (Å²) in [5, 5.41) is 17.9. The van der Waals surface area contributed by atoms with Crippen molar-refractivity contribution in [2.24, 2.45) is 0 Å². The predicted octanol–water partition coefficient (Wildman–Crippen LogP) is 5.55. The lowest BCUT2D eigenvalue weighted by atomic mass is 10.0. The van der Waals surface area contributed by atoms with Crippen molar-refractivity contribution in [2.75, 3.05) is 16.4 Å². The molecule has 2 aromatic heterocycles. The summed E-state index contributed by atoms with van der Waals surface area (Å²) in [4.78, 5) is 16.6. The SMILES string of the molecule is CCCC(=N)Cc1ccc(NC(=O)Nc2ccc(-c3c(CC)cn4ncnc(N)c34)cc2)cc1. The molecule has 0 aliphatic carbocycles. The maximum Gasteiger partial charge on any atom is 0.323 e. The number of carbonyl (C=O) groups excluding carboxylic acids is 1. The zero-order chi connectivity index (χ0) is 24.1. The summed E-state index contributed by atoms with van der Waals surface area (Å²) >= 11 is 0. The fourth-order valence-electron chi connectivity index (χ4n) is 4.03. The van der Waals surface area contributed by atoms with Crippen molar-refractivity contribution in [3.63, 3.8) is 0 Å². The zero-order valence-corrected chi connectivity index (χ0v) is 19.4. The minimum Gasteiger partial charge on any atom is -0.382 e. The van der Waals surface area contributed by atoms with Crippen LogP contribution in [0.1, 0.15) is 37.8 Å². The second-order valence-corrected chi connectivity index (χ2v) is 8.21. The molecule has 0 bridgehead atoms. The Kier molecular flexibility index (Phi) is 6.87. The second-order valence-electron chi connectivity index (χ2n) is 8.21. The van der Waals surface area contributed by atoms with Crippen LogP contribution in [0, 0.1) is 5.41 Å². The van der Waals surface area contributed by atoms with Gasteiger partial charge in [0.25, 0.3) is 0 Å². The third-order valence-electron chi connectivity index (χ3n) is 5.67. The van der Waals surface area contributed by atoms with Gasteiger partial charge in [0.05, 0.1) is 0 Å². The van der Waals surface area contributed by atoms with Crippen molar-refractivity contribution in [1.82, 2.24) is 14.6 Å². The molecule has 4 aromatic rings. The summed E-state index contributed by atoms with van der Waals surface area (Å²) in [6, 6.07) is 14.9. The van der Waals surface area contributed by atoms with Crippen LogP contribution in [0.3, 0.4) is 0 Å². The van der Waals surface area contributed by atoms with Gasteiger partial charge in [-0.25, -0.2) is 14.3 Å². The maximum absolute atomic E-state index is 12.5. The summed E-state index contributed by atoms with van der Waals surface area (Å²) in [7, 11) is 0. The number of rotatable bonds is 8. The monoisotopic (exact) mass is 455 g/mol. The first kappa shape index (κ1) is 23.0. The van der Waals surface area contributed by atoms with Crippen LogP contribution in [0.25, 0.3) is 16.6 Å². The molecular formula is C26H29N7O. The highest BCUT2D eigenvalue weighted by Crippen LogP contribution is 2.33. The van der Waals surface area contributed by atoms with Crippen LogP contribution >= 0.6 is 0 Å². The summed E-state index contributed by atoms with van der Waals surface area (Å²) in [5.41, 5.74) is 13.2. The number of anilines is 3. The summed E-state index contributed by atoms with van der Waals surface area (Å²) in [6.45, 7) is 4.16. The number of nitrogens with zero attached hydrogens (tertiary/aromatic N) is 3.